The molecule has 0 aliphatic heterocycles. The fourth-order valence-electron chi connectivity index (χ4n) is 2.13. The highest BCUT2D eigenvalue weighted by molar-refractivity contribution is 6.25. The molecule has 2 aromatic rings. The lowest BCUT2D eigenvalue weighted by molar-refractivity contribution is -0.108. The molecule has 0 amide bonds. The molecule has 0 fully saturated rings. The SMILES string of the molecule is CC(F)c1cncnc1N(Cl)CCc1ccc(OCCC=O)cc1. The minimum Gasteiger partial charge on any atom is -0.493 e. The Morgan fingerprint density at radius 1 is 1.38 bits per heavy atom. The van der Waals surface area contributed by atoms with E-state index < -0.39 is 6.17 Å². The van der Waals surface area contributed by atoms with Gasteiger partial charge in [-0.05, 0) is 31.0 Å². The summed E-state index contributed by atoms with van der Waals surface area (Å²) in [6.45, 7) is 2.27. The maximum atomic E-state index is 13.6. The average Bonchev–Trinajstić information content (AvgIpc) is 2.61. The van der Waals surface area contributed by atoms with Gasteiger partial charge in [0.05, 0.1) is 6.61 Å². The zero-order valence-electron chi connectivity index (χ0n) is 13.4. The lowest BCUT2D eigenvalue weighted by Gasteiger charge is -2.18. The van der Waals surface area contributed by atoms with Gasteiger partial charge in [-0.25, -0.2) is 14.4 Å². The number of anilines is 1. The maximum Gasteiger partial charge on any atom is 0.152 e. The van der Waals surface area contributed by atoms with Crippen molar-refractivity contribution < 1.29 is 13.9 Å². The van der Waals surface area contributed by atoms with Crippen LogP contribution in [0, 0.1) is 0 Å². The van der Waals surface area contributed by atoms with Crippen molar-refractivity contribution in [2.24, 2.45) is 0 Å². The summed E-state index contributed by atoms with van der Waals surface area (Å²) in [5.41, 5.74) is 1.43. The minimum atomic E-state index is -1.19. The van der Waals surface area contributed by atoms with Gasteiger partial charge < -0.3 is 9.53 Å². The van der Waals surface area contributed by atoms with Gasteiger partial charge in [0.25, 0.3) is 0 Å². The van der Waals surface area contributed by atoms with Gasteiger partial charge in [0.15, 0.2) is 5.82 Å². The number of alkyl halides is 1. The summed E-state index contributed by atoms with van der Waals surface area (Å²) in [4.78, 5) is 18.1. The zero-order chi connectivity index (χ0) is 17.4. The Bertz CT molecular complexity index is 653. The Morgan fingerprint density at radius 3 is 2.79 bits per heavy atom. The average molecular weight is 352 g/mol. The van der Waals surface area contributed by atoms with E-state index in [1.165, 1.54) is 23.9 Å². The number of ether oxygens (including phenoxy) is 1. The molecule has 1 atom stereocenters. The van der Waals surface area contributed by atoms with Crippen molar-refractivity contribution in [3.05, 3.63) is 47.9 Å². The molecule has 24 heavy (non-hydrogen) atoms. The Morgan fingerprint density at radius 2 is 2.12 bits per heavy atom. The van der Waals surface area contributed by atoms with Crippen LogP contribution in [0.25, 0.3) is 0 Å². The summed E-state index contributed by atoms with van der Waals surface area (Å²) in [6, 6.07) is 7.55. The predicted molar refractivity (Wildman–Crippen MR) is 91.1 cm³/mol. The highest BCUT2D eigenvalue weighted by Crippen LogP contribution is 2.26. The zero-order valence-corrected chi connectivity index (χ0v) is 14.1. The van der Waals surface area contributed by atoms with Gasteiger partial charge in [-0.2, -0.15) is 0 Å². The van der Waals surface area contributed by atoms with E-state index >= 15 is 0 Å². The van der Waals surface area contributed by atoms with Gasteiger partial charge in [0.1, 0.15) is 24.5 Å². The molecule has 1 heterocycles. The van der Waals surface area contributed by atoms with Gasteiger partial charge >= 0.3 is 0 Å². The van der Waals surface area contributed by atoms with E-state index in [0.717, 1.165) is 11.8 Å². The van der Waals surface area contributed by atoms with Crippen molar-refractivity contribution in [1.29, 1.82) is 0 Å². The molecule has 1 aromatic carbocycles. The second kappa shape index (κ2) is 9.17. The van der Waals surface area contributed by atoms with Crippen molar-refractivity contribution in [2.75, 3.05) is 17.6 Å². The second-order valence-electron chi connectivity index (χ2n) is 5.20. The highest BCUT2D eigenvalue weighted by atomic mass is 35.5. The fraction of sp³-hybridized carbons (Fsp3) is 0.353. The van der Waals surface area contributed by atoms with Crippen molar-refractivity contribution in [3.63, 3.8) is 0 Å². The summed E-state index contributed by atoms with van der Waals surface area (Å²) < 4.78 is 20.4. The highest BCUT2D eigenvalue weighted by Gasteiger charge is 2.15. The smallest absolute Gasteiger partial charge is 0.152 e. The summed E-state index contributed by atoms with van der Waals surface area (Å²) in [7, 11) is 0. The molecular formula is C17H19ClFN3O2. The van der Waals surface area contributed by atoms with Crippen LogP contribution in [0.5, 0.6) is 5.75 Å². The number of aromatic nitrogens is 2. The number of nitrogens with zero attached hydrogens (tertiary/aromatic N) is 3. The van der Waals surface area contributed by atoms with Crippen LogP contribution < -0.4 is 9.16 Å². The lowest BCUT2D eigenvalue weighted by atomic mass is 10.1. The molecule has 0 radical (unpaired) electrons. The summed E-state index contributed by atoms with van der Waals surface area (Å²) in [5.74, 6) is 1.10. The van der Waals surface area contributed by atoms with Gasteiger partial charge in [-0.3, -0.25) is 4.42 Å². The number of halogens is 2. The van der Waals surface area contributed by atoms with Crippen molar-refractivity contribution in [3.8, 4) is 5.75 Å². The van der Waals surface area contributed by atoms with Crippen molar-refractivity contribution in [2.45, 2.75) is 25.9 Å². The van der Waals surface area contributed by atoms with Crippen LogP contribution in [-0.2, 0) is 11.2 Å². The first-order valence-corrected chi connectivity index (χ1v) is 7.98. The van der Waals surface area contributed by atoms with Crippen LogP contribution in [0.3, 0.4) is 0 Å². The molecule has 1 aromatic heterocycles. The number of carbonyl (C=O) groups excluding carboxylic acids is 1. The van der Waals surface area contributed by atoms with Crippen molar-refractivity contribution >= 4 is 23.9 Å². The van der Waals surface area contributed by atoms with Gasteiger partial charge in [-0.15, -0.1) is 0 Å². The molecular weight excluding hydrogens is 333 g/mol. The van der Waals surface area contributed by atoms with Gasteiger partial charge in [-0.1, -0.05) is 12.1 Å². The fourth-order valence-corrected chi connectivity index (χ4v) is 2.35. The van der Waals surface area contributed by atoms with E-state index in [9.17, 15) is 9.18 Å². The maximum absolute atomic E-state index is 13.6. The summed E-state index contributed by atoms with van der Waals surface area (Å²) >= 11 is 6.24. The largest absolute Gasteiger partial charge is 0.493 e. The van der Waals surface area contributed by atoms with Crippen LogP contribution >= 0.6 is 11.8 Å². The number of benzene rings is 1. The quantitative estimate of drug-likeness (QED) is 0.392. The minimum absolute atomic E-state index is 0.367. The molecule has 0 bridgehead atoms. The Hall–Kier alpha value is -2.21. The summed E-state index contributed by atoms with van der Waals surface area (Å²) in [5, 5.41) is 0. The topological polar surface area (TPSA) is 55.3 Å². The number of hydrogen-bond donors (Lipinski definition) is 0. The molecule has 7 heteroatoms. The Labute approximate surface area is 145 Å². The Kier molecular flexibility index (Phi) is 6.93. The number of rotatable bonds is 9. The first-order chi connectivity index (χ1) is 11.6. The second-order valence-corrected chi connectivity index (χ2v) is 5.61. The van der Waals surface area contributed by atoms with Gasteiger partial charge in [0, 0.05) is 36.5 Å². The van der Waals surface area contributed by atoms with E-state index in [2.05, 4.69) is 9.97 Å². The molecule has 0 aliphatic rings. The third kappa shape index (κ3) is 5.16. The molecule has 128 valence electrons. The third-order valence-electron chi connectivity index (χ3n) is 3.40. The van der Waals surface area contributed by atoms with Crippen LogP contribution in [0.4, 0.5) is 10.2 Å². The van der Waals surface area contributed by atoms with E-state index in [0.29, 0.717) is 43.1 Å². The summed E-state index contributed by atoms with van der Waals surface area (Å²) in [6.07, 6.45) is 3.46. The van der Waals surface area contributed by atoms with E-state index in [-0.39, 0.29) is 0 Å². The molecule has 5 nitrogen and oxygen atoms in total. The molecule has 0 saturated carbocycles. The van der Waals surface area contributed by atoms with Crippen molar-refractivity contribution in [1.82, 2.24) is 9.97 Å². The number of aldehydes is 1. The van der Waals surface area contributed by atoms with Gasteiger partial charge in [0.2, 0.25) is 0 Å². The standard InChI is InChI=1S/C17H19ClFN3O2/c1-13(19)16-11-20-12-21-17(16)22(18)8-7-14-3-5-15(6-4-14)24-10-2-9-23/h3-6,9,11-13H,2,7-8,10H2,1H3. The molecule has 0 spiro atoms. The molecule has 2 rings (SSSR count). The first kappa shape index (κ1) is 18.1. The first-order valence-electron chi connectivity index (χ1n) is 7.64. The van der Waals surface area contributed by atoms with Crippen LogP contribution in [-0.4, -0.2) is 29.4 Å². The van der Waals surface area contributed by atoms with Crippen LogP contribution in [0.15, 0.2) is 36.8 Å². The van der Waals surface area contributed by atoms with Crippen LogP contribution in [0.2, 0.25) is 0 Å². The normalized spacial score (nSPS) is 11.8. The molecule has 0 saturated heterocycles. The molecule has 1 unspecified atom stereocenters. The van der Waals surface area contributed by atoms with E-state index in [1.54, 1.807) is 0 Å². The number of carbonyl (C=O) groups is 1. The third-order valence-corrected chi connectivity index (χ3v) is 3.73. The molecule has 0 aliphatic carbocycles. The van der Waals surface area contributed by atoms with E-state index in [4.69, 9.17) is 16.5 Å². The molecule has 0 N–H and O–H groups in total. The number of hydrogen-bond acceptors (Lipinski definition) is 5. The lowest BCUT2D eigenvalue weighted by Crippen LogP contribution is -2.17. The monoisotopic (exact) mass is 351 g/mol. The van der Waals surface area contributed by atoms with E-state index in [1.807, 2.05) is 24.3 Å². The Balaban J connectivity index is 1.92. The van der Waals surface area contributed by atoms with Crippen LogP contribution in [0.1, 0.15) is 30.6 Å². The predicted octanol–water partition coefficient (Wildman–Crippen LogP) is 3.68.